The molecule has 2 saturated heterocycles. The molecular weight excluding hydrogens is 346 g/mol. The van der Waals surface area contributed by atoms with Crippen molar-refractivity contribution in [2.24, 2.45) is 0 Å². The molecule has 0 saturated carbocycles. The average molecular weight is 372 g/mol. The van der Waals surface area contributed by atoms with Gasteiger partial charge in [-0.25, -0.2) is 9.97 Å². The topological polar surface area (TPSA) is 69.6 Å². The Labute approximate surface area is 148 Å². The normalized spacial score (nSPS) is 21.9. The molecule has 0 radical (unpaired) electrons. The van der Waals surface area contributed by atoms with Crippen LogP contribution in [0.4, 0.5) is 0 Å². The van der Waals surface area contributed by atoms with Gasteiger partial charge in [0.2, 0.25) is 0 Å². The molecule has 0 unspecified atom stereocenters. The van der Waals surface area contributed by atoms with Crippen molar-refractivity contribution in [1.29, 1.82) is 0 Å². The first-order valence-corrected chi connectivity index (χ1v) is 11.0. The lowest BCUT2D eigenvalue weighted by Gasteiger charge is -2.26. The van der Waals surface area contributed by atoms with Gasteiger partial charge in [0.15, 0.2) is 5.16 Å². The molecule has 9 heteroatoms. The second-order valence-electron chi connectivity index (χ2n) is 6.22. The van der Waals surface area contributed by atoms with Gasteiger partial charge in [-0.2, -0.15) is 17.0 Å². The Morgan fingerprint density at radius 3 is 2.25 bits per heavy atom. The molecule has 1 aromatic heterocycles. The highest BCUT2D eigenvalue weighted by Crippen LogP contribution is 2.19. The summed E-state index contributed by atoms with van der Waals surface area (Å²) in [4.78, 5) is 10.9. The summed E-state index contributed by atoms with van der Waals surface area (Å²) in [6.07, 6.45) is 8.50. The van der Waals surface area contributed by atoms with E-state index in [1.54, 1.807) is 8.61 Å². The Hall–Kier alpha value is -0.740. The van der Waals surface area contributed by atoms with Crippen molar-refractivity contribution in [2.45, 2.75) is 31.0 Å². The second kappa shape index (κ2) is 8.09. The van der Waals surface area contributed by atoms with Crippen LogP contribution in [0.5, 0.6) is 0 Å². The molecule has 2 fully saturated rings. The lowest BCUT2D eigenvalue weighted by molar-refractivity contribution is 0.276. The van der Waals surface area contributed by atoms with Gasteiger partial charge in [0.1, 0.15) is 0 Å². The van der Waals surface area contributed by atoms with Crippen molar-refractivity contribution in [2.75, 3.05) is 45.5 Å². The fourth-order valence-corrected chi connectivity index (χ4v) is 5.24. The van der Waals surface area contributed by atoms with E-state index in [-0.39, 0.29) is 0 Å². The summed E-state index contributed by atoms with van der Waals surface area (Å²) in [7, 11) is -3.28. The van der Waals surface area contributed by atoms with E-state index in [9.17, 15) is 8.42 Å². The van der Waals surface area contributed by atoms with Gasteiger partial charge in [-0.05, 0) is 32.1 Å². The molecule has 0 amide bonds. The summed E-state index contributed by atoms with van der Waals surface area (Å²) in [5, 5.41) is 0.775. The third-order valence-electron chi connectivity index (χ3n) is 4.54. The Kier molecular flexibility index (Phi) is 6.09. The van der Waals surface area contributed by atoms with Gasteiger partial charge < -0.3 is 0 Å². The van der Waals surface area contributed by atoms with Gasteiger partial charge in [0, 0.05) is 57.2 Å². The zero-order valence-corrected chi connectivity index (χ0v) is 15.7. The van der Waals surface area contributed by atoms with Gasteiger partial charge in [0.05, 0.1) is 0 Å². The second-order valence-corrected chi connectivity index (χ2v) is 8.92. The molecule has 0 bridgehead atoms. The fraction of sp³-hybridized carbons (Fsp3) is 0.733. The SMILES string of the molecule is CSc1ncc(CN2CCCN(S(=O)(=O)N3CCCC3)CC2)cn1. The lowest BCUT2D eigenvalue weighted by Crippen LogP contribution is -2.44. The number of hydrogen-bond donors (Lipinski definition) is 0. The summed E-state index contributed by atoms with van der Waals surface area (Å²) in [5.41, 5.74) is 1.07. The number of hydrogen-bond acceptors (Lipinski definition) is 6. The van der Waals surface area contributed by atoms with Crippen LogP contribution in [-0.2, 0) is 16.8 Å². The third-order valence-corrected chi connectivity index (χ3v) is 7.15. The predicted molar refractivity (Wildman–Crippen MR) is 95.0 cm³/mol. The standard InChI is InChI=1S/C15H25N5O2S2/c1-23-15-16-11-14(12-17-15)13-18-5-4-8-20(10-9-18)24(21,22)19-6-2-3-7-19/h11-12H,2-10,13H2,1H3. The number of nitrogens with zero attached hydrogens (tertiary/aromatic N) is 5. The van der Waals surface area contributed by atoms with Gasteiger partial charge >= 0.3 is 0 Å². The minimum atomic E-state index is -3.28. The number of rotatable bonds is 5. The largest absolute Gasteiger partial charge is 0.298 e. The molecule has 1 aromatic rings. The zero-order chi connectivity index (χ0) is 17.0. The summed E-state index contributed by atoms with van der Waals surface area (Å²) >= 11 is 1.53. The Morgan fingerprint density at radius 1 is 0.958 bits per heavy atom. The highest BCUT2D eigenvalue weighted by molar-refractivity contribution is 7.98. The molecule has 0 atom stereocenters. The Balaban J connectivity index is 1.58. The maximum atomic E-state index is 12.7. The van der Waals surface area contributed by atoms with E-state index in [2.05, 4.69) is 14.9 Å². The van der Waals surface area contributed by atoms with E-state index >= 15 is 0 Å². The molecule has 0 N–H and O–H groups in total. The average Bonchev–Trinajstić information content (AvgIpc) is 3.04. The molecule has 0 spiro atoms. The molecule has 7 nitrogen and oxygen atoms in total. The molecule has 3 heterocycles. The smallest absolute Gasteiger partial charge is 0.282 e. The van der Waals surface area contributed by atoms with E-state index in [1.807, 2.05) is 18.6 Å². The van der Waals surface area contributed by atoms with Crippen LogP contribution in [0.3, 0.4) is 0 Å². The molecule has 0 aromatic carbocycles. The molecule has 2 aliphatic rings. The summed E-state index contributed by atoms with van der Waals surface area (Å²) in [6.45, 7) is 4.92. The predicted octanol–water partition coefficient (Wildman–Crippen LogP) is 1.05. The van der Waals surface area contributed by atoms with Gasteiger partial charge in [-0.15, -0.1) is 0 Å². The first-order chi connectivity index (χ1) is 11.6. The summed E-state index contributed by atoms with van der Waals surface area (Å²) in [6, 6.07) is 0. The minimum Gasteiger partial charge on any atom is -0.298 e. The van der Waals surface area contributed by atoms with Gasteiger partial charge in [-0.3, -0.25) is 4.90 Å². The Bertz CT molecular complexity index is 632. The van der Waals surface area contributed by atoms with E-state index < -0.39 is 10.2 Å². The van der Waals surface area contributed by atoms with Gasteiger partial charge in [0.25, 0.3) is 10.2 Å². The van der Waals surface area contributed by atoms with E-state index in [0.29, 0.717) is 26.2 Å². The summed E-state index contributed by atoms with van der Waals surface area (Å²) < 4.78 is 28.7. The van der Waals surface area contributed by atoms with Crippen LogP contribution >= 0.6 is 11.8 Å². The summed E-state index contributed by atoms with van der Waals surface area (Å²) in [5.74, 6) is 0. The maximum Gasteiger partial charge on any atom is 0.282 e. The maximum absolute atomic E-state index is 12.7. The van der Waals surface area contributed by atoms with E-state index in [0.717, 1.165) is 49.6 Å². The number of thioether (sulfide) groups is 1. The Morgan fingerprint density at radius 2 is 1.58 bits per heavy atom. The molecular formula is C15H25N5O2S2. The van der Waals surface area contributed by atoms with Crippen LogP contribution in [0.15, 0.2) is 17.6 Å². The van der Waals surface area contributed by atoms with Gasteiger partial charge in [-0.1, -0.05) is 11.8 Å². The highest BCUT2D eigenvalue weighted by atomic mass is 32.2. The van der Waals surface area contributed by atoms with Crippen LogP contribution in [0.2, 0.25) is 0 Å². The zero-order valence-electron chi connectivity index (χ0n) is 14.1. The van der Waals surface area contributed by atoms with Crippen molar-refractivity contribution < 1.29 is 8.42 Å². The molecule has 3 rings (SSSR count). The molecule has 134 valence electrons. The van der Waals surface area contributed by atoms with Crippen LogP contribution in [-0.4, -0.2) is 77.4 Å². The third kappa shape index (κ3) is 4.26. The first-order valence-electron chi connectivity index (χ1n) is 8.42. The van der Waals surface area contributed by atoms with Crippen molar-refractivity contribution in [3.05, 3.63) is 18.0 Å². The van der Waals surface area contributed by atoms with Crippen LogP contribution in [0.25, 0.3) is 0 Å². The van der Waals surface area contributed by atoms with E-state index in [1.165, 1.54) is 11.8 Å². The first kappa shape index (κ1) is 18.1. The van der Waals surface area contributed by atoms with Crippen molar-refractivity contribution >= 4 is 22.0 Å². The van der Waals surface area contributed by atoms with Crippen LogP contribution in [0.1, 0.15) is 24.8 Å². The highest BCUT2D eigenvalue weighted by Gasteiger charge is 2.32. The van der Waals surface area contributed by atoms with E-state index in [4.69, 9.17) is 0 Å². The molecule has 24 heavy (non-hydrogen) atoms. The lowest BCUT2D eigenvalue weighted by atomic mass is 10.3. The van der Waals surface area contributed by atoms with Crippen LogP contribution < -0.4 is 0 Å². The van der Waals surface area contributed by atoms with Crippen molar-refractivity contribution in [3.8, 4) is 0 Å². The molecule has 0 aliphatic carbocycles. The van der Waals surface area contributed by atoms with Crippen LogP contribution in [0, 0.1) is 0 Å². The van der Waals surface area contributed by atoms with Crippen molar-refractivity contribution in [3.63, 3.8) is 0 Å². The number of aromatic nitrogens is 2. The fourth-order valence-electron chi connectivity index (χ4n) is 3.21. The molecule has 2 aliphatic heterocycles. The van der Waals surface area contributed by atoms with Crippen molar-refractivity contribution in [1.82, 2.24) is 23.5 Å². The minimum absolute atomic E-state index is 0.558. The quantitative estimate of drug-likeness (QED) is 0.569. The monoisotopic (exact) mass is 371 g/mol.